The molecule has 1 aromatic heterocycles. The highest BCUT2D eigenvalue weighted by Gasteiger charge is 2.07. The van der Waals surface area contributed by atoms with Gasteiger partial charge in [-0.25, -0.2) is 0 Å². The Kier molecular flexibility index (Phi) is 6.01. The van der Waals surface area contributed by atoms with Crippen molar-refractivity contribution in [2.75, 3.05) is 13.2 Å². The maximum absolute atomic E-state index is 11.6. The second kappa shape index (κ2) is 7.04. The van der Waals surface area contributed by atoms with E-state index >= 15 is 0 Å². The van der Waals surface area contributed by atoms with Crippen LogP contribution in [0, 0.1) is 5.92 Å². The topological polar surface area (TPSA) is 49.3 Å². The lowest BCUT2D eigenvalue weighted by Crippen LogP contribution is -2.24. The highest BCUT2D eigenvalue weighted by Crippen LogP contribution is 2.20. The van der Waals surface area contributed by atoms with Crippen molar-refractivity contribution in [2.24, 2.45) is 5.92 Å². The summed E-state index contributed by atoms with van der Waals surface area (Å²) in [6.45, 7) is 2.87. The molecule has 0 aliphatic heterocycles. The molecule has 0 saturated heterocycles. The van der Waals surface area contributed by atoms with Crippen LogP contribution in [0.15, 0.2) is 15.2 Å². The Bertz CT molecular complexity index is 340. The molecule has 0 radical (unpaired) electrons. The van der Waals surface area contributed by atoms with Crippen molar-refractivity contribution in [3.63, 3.8) is 0 Å². The van der Waals surface area contributed by atoms with Crippen LogP contribution in [0.5, 0.6) is 0 Å². The smallest absolute Gasteiger partial charge is 0.252 e. The van der Waals surface area contributed by atoms with E-state index in [0.29, 0.717) is 18.0 Å². The predicted octanol–water partition coefficient (Wildman–Crippen LogP) is 2.65. The van der Waals surface area contributed by atoms with Gasteiger partial charge in [0.1, 0.15) is 0 Å². The Morgan fingerprint density at radius 1 is 1.69 bits per heavy atom. The van der Waals surface area contributed by atoms with Crippen LogP contribution >= 0.6 is 27.3 Å². The van der Waals surface area contributed by atoms with Crippen LogP contribution in [0.1, 0.15) is 30.1 Å². The zero-order valence-corrected chi connectivity index (χ0v) is 11.6. The number of aliphatic hydroxyl groups excluding tert-OH is 1. The third kappa shape index (κ3) is 4.63. The van der Waals surface area contributed by atoms with Crippen molar-refractivity contribution in [1.29, 1.82) is 0 Å². The average Bonchev–Trinajstić information content (AvgIpc) is 2.70. The number of rotatable bonds is 6. The van der Waals surface area contributed by atoms with Gasteiger partial charge in [-0.2, -0.15) is 0 Å². The third-order valence-electron chi connectivity index (χ3n) is 2.30. The second-order valence-electron chi connectivity index (χ2n) is 3.83. The number of carbonyl (C=O) groups is 1. The van der Waals surface area contributed by atoms with Crippen molar-refractivity contribution >= 4 is 33.2 Å². The van der Waals surface area contributed by atoms with Crippen molar-refractivity contribution in [3.05, 3.63) is 20.8 Å². The van der Waals surface area contributed by atoms with E-state index in [2.05, 4.69) is 21.2 Å². The first-order valence-corrected chi connectivity index (χ1v) is 6.94. The zero-order chi connectivity index (χ0) is 12.0. The van der Waals surface area contributed by atoms with Gasteiger partial charge in [-0.05, 0) is 40.8 Å². The molecule has 16 heavy (non-hydrogen) atoms. The lowest BCUT2D eigenvalue weighted by Gasteiger charge is -2.07. The molecule has 90 valence electrons. The fourth-order valence-corrected chi connectivity index (χ4v) is 2.41. The van der Waals surface area contributed by atoms with Crippen molar-refractivity contribution in [2.45, 2.75) is 19.8 Å². The molecule has 3 nitrogen and oxygen atoms in total. The molecule has 1 atom stereocenters. The number of hydrogen-bond acceptors (Lipinski definition) is 3. The van der Waals surface area contributed by atoms with E-state index in [1.54, 1.807) is 0 Å². The Morgan fingerprint density at radius 2 is 2.44 bits per heavy atom. The number of carbonyl (C=O) groups excluding carboxylic acids is 1. The molecular weight excluding hydrogens is 290 g/mol. The summed E-state index contributed by atoms with van der Waals surface area (Å²) in [5.41, 5.74) is 0.701. The summed E-state index contributed by atoms with van der Waals surface area (Å²) in [5.74, 6) is 0.283. The van der Waals surface area contributed by atoms with E-state index in [0.717, 1.165) is 16.6 Å². The molecule has 0 spiro atoms. The molecule has 5 heteroatoms. The minimum absolute atomic E-state index is 0.0291. The minimum atomic E-state index is -0.0291. The summed E-state index contributed by atoms with van der Waals surface area (Å²) < 4.78 is 0.964. The Balaban J connectivity index is 2.21. The molecule has 1 rings (SSSR count). The third-order valence-corrected chi connectivity index (χ3v) is 3.81. The number of hydrogen-bond donors (Lipinski definition) is 2. The average molecular weight is 306 g/mol. The highest BCUT2D eigenvalue weighted by atomic mass is 79.9. The van der Waals surface area contributed by atoms with Crippen LogP contribution in [0.25, 0.3) is 0 Å². The minimum Gasteiger partial charge on any atom is -0.396 e. The number of halogens is 1. The van der Waals surface area contributed by atoms with Crippen molar-refractivity contribution < 1.29 is 9.90 Å². The molecule has 0 saturated carbocycles. The van der Waals surface area contributed by atoms with Gasteiger partial charge in [-0.1, -0.05) is 6.92 Å². The molecule has 0 aliphatic rings. The quantitative estimate of drug-likeness (QED) is 0.794. The standard InChI is InChI=1S/C11H16BrNO2S/c1-8(6-14)3-2-4-13-11(15)9-5-10(12)16-7-9/h5,7-8,14H,2-4,6H2,1H3,(H,13,15). The van der Waals surface area contributed by atoms with Gasteiger partial charge in [-0.15, -0.1) is 11.3 Å². The number of nitrogens with one attached hydrogen (secondary N) is 1. The monoisotopic (exact) mass is 305 g/mol. The molecule has 0 fully saturated rings. The van der Waals surface area contributed by atoms with Gasteiger partial charge in [0.15, 0.2) is 0 Å². The SMILES string of the molecule is CC(CO)CCCNC(=O)c1csc(Br)c1. The van der Waals surface area contributed by atoms with Gasteiger partial charge < -0.3 is 10.4 Å². The molecule has 0 aromatic carbocycles. The van der Waals surface area contributed by atoms with E-state index in [1.165, 1.54) is 11.3 Å². The fourth-order valence-electron chi connectivity index (χ4n) is 1.27. The predicted molar refractivity (Wildman–Crippen MR) is 69.8 cm³/mol. The molecule has 1 heterocycles. The van der Waals surface area contributed by atoms with Gasteiger partial charge in [0.25, 0.3) is 5.91 Å². The molecule has 1 unspecified atom stereocenters. The largest absolute Gasteiger partial charge is 0.396 e. The molecular formula is C11H16BrNO2S. The first kappa shape index (κ1) is 13.7. The normalized spacial score (nSPS) is 12.4. The summed E-state index contributed by atoms with van der Waals surface area (Å²) in [4.78, 5) is 11.6. The highest BCUT2D eigenvalue weighted by molar-refractivity contribution is 9.11. The van der Waals surface area contributed by atoms with Gasteiger partial charge in [0.2, 0.25) is 0 Å². The summed E-state index contributed by atoms with van der Waals surface area (Å²) in [5, 5.41) is 13.5. The van der Waals surface area contributed by atoms with Crippen LogP contribution in [0.4, 0.5) is 0 Å². The number of amides is 1. The first-order valence-electron chi connectivity index (χ1n) is 5.26. The maximum atomic E-state index is 11.6. The van der Waals surface area contributed by atoms with Gasteiger partial charge >= 0.3 is 0 Å². The van der Waals surface area contributed by atoms with Crippen LogP contribution in [0.3, 0.4) is 0 Å². The van der Waals surface area contributed by atoms with E-state index in [4.69, 9.17) is 5.11 Å². The summed E-state index contributed by atoms with van der Waals surface area (Å²) in [6.07, 6.45) is 1.84. The Morgan fingerprint density at radius 3 is 3.00 bits per heavy atom. The Labute approximate surface area is 108 Å². The van der Waals surface area contributed by atoms with Crippen LogP contribution in [0.2, 0.25) is 0 Å². The first-order chi connectivity index (χ1) is 7.63. The van der Waals surface area contributed by atoms with E-state index < -0.39 is 0 Å². The van der Waals surface area contributed by atoms with Crippen LogP contribution in [-0.4, -0.2) is 24.2 Å². The van der Waals surface area contributed by atoms with E-state index in [9.17, 15) is 4.79 Å². The summed E-state index contributed by atoms with van der Waals surface area (Å²) >= 11 is 4.82. The zero-order valence-electron chi connectivity index (χ0n) is 9.20. The van der Waals surface area contributed by atoms with Crippen molar-refractivity contribution in [3.8, 4) is 0 Å². The van der Waals surface area contributed by atoms with Gasteiger partial charge in [0.05, 0.1) is 9.35 Å². The maximum Gasteiger partial charge on any atom is 0.252 e. The number of aliphatic hydroxyl groups is 1. The fraction of sp³-hybridized carbons (Fsp3) is 0.545. The van der Waals surface area contributed by atoms with Gasteiger partial charge in [-0.3, -0.25) is 4.79 Å². The van der Waals surface area contributed by atoms with E-state index in [-0.39, 0.29) is 12.5 Å². The summed E-state index contributed by atoms with van der Waals surface area (Å²) in [7, 11) is 0. The molecule has 0 bridgehead atoms. The van der Waals surface area contributed by atoms with Crippen LogP contribution in [-0.2, 0) is 0 Å². The van der Waals surface area contributed by atoms with Crippen molar-refractivity contribution in [1.82, 2.24) is 5.32 Å². The molecule has 0 aliphatic carbocycles. The van der Waals surface area contributed by atoms with Crippen LogP contribution < -0.4 is 5.32 Å². The lowest BCUT2D eigenvalue weighted by atomic mass is 10.1. The van der Waals surface area contributed by atoms with Gasteiger partial charge in [0, 0.05) is 18.5 Å². The lowest BCUT2D eigenvalue weighted by molar-refractivity contribution is 0.0952. The van der Waals surface area contributed by atoms with E-state index in [1.807, 2.05) is 18.4 Å². The second-order valence-corrected chi connectivity index (χ2v) is 6.12. The number of thiophene rings is 1. The molecule has 2 N–H and O–H groups in total. The summed E-state index contributed by atoms with van der Waals surface area (Å²) in [6, 6.07) is 1.82. The molecule has 1 aromatic rings. The Hall–Kier alpha value is -0.390. The molecule has 1 amide bonds.